The van der Waals surface area contributed by atoms with Crippen LogP contribution in [0.2, 0.25) is 0 Å². The first-order valence-electron chi connectivity index (χ1n) is 5.05. The van der Waals surface area contributed by atoms with Gasteiger partial charge in [-0.3, -0.25) is 4.90 Å². The van der Waals surface area contributed by atoms with Crippen LogP contribution in [-0.4, -0.2) is 24.0 Å². The lowest BCUT2D eigenvalue weighted by atomic mass is 9.96. The van der Waals surface area contributed by atoms with Gasteiger partial charge < -0.3 is 0 Å². The summed E-state index contributed by atoms with van der Waals surface area (Å²) in [6.07, 6.45) is 4.32. The van der Waals surface area contributed by atoms with Gasteiger partial charge >= 0.3 is 0 Å². The van der Waals surface area contributed by atoms with Crippen LogP contribution in [0, 0.1) is 11.8 Å². The minimum atomic E-state index is 0.911. The summed E-state index contributed by atoms with van der Waals surface area (Å²) < 4.78 is 0. The van der Waals surface area contributed by atoms with Crippen LogP contribution in [0.1, 0.15) is 33.1 Å². The standard InChI is InChI=1S/C10H19N/c1-3-10-8(2)4-5-9-6-11(10)7-9/h8-10H,3-7H2,1-2H3. The van der Waals surface area contributed by atoms with Crippen molar-refractivity contribution < 1.29 is 0 Å². The topological polar surface area (TPSA) is 3.24 Å². The second-order valence-corrected chi connectivity index (χ2v) is 4.35. The van der Waals surface area contributed by atoms with Crippen molar-refractivity contribution in [2.75, 3.05) is 13.1 Å². The normalized spacial score (nSPS) is 49.6. The molecule has 3 rings (SSSR count). The van der Waals surface area contributed by atoms with Gasteiger partial charge in [-0.15, -0.1) is 0 Å². The molecule has 1 nitrogen and oxygen atoms in total. The van der Waals surface area contributed by atoms with E-state index in [0.29, 0.717) is 0 Å². The largest absolute Gasteiger partial charge is 0.299 e. The van der Waals surface area contributed by atoms with Crippen LogP contribution < -0.4 is 0 Å². The van der Waals surface area contributed by atoms with Gasteiger partial charge in [-0.25, -0.2) is 0 Å². The van der Waals surface area contributed by atoms with Crippen molar-refractivity contribution >= 4 is 0 Å². The SMILES string of the molecule is CCC1C(C)CCC2CN1C2. The van der Waals surface area contributed by atoms with E-state index in [4.69, 9.17) is 0 Å². The predicted molar refractivity (Wildman–Crippen MR) is 47.5 cm³/mol. The molecule has 1 heteroatoms. The second-order valence-electron chi connectivity index (χ2n) is 4.35. The molecule has 3 saturated heterocycles. The minimum Gasteiger partial charge on any atom is -0.299 e. The number of fused-ring (bicyclic) bond motifs is 3. The van der Waals surface area contributed by atoms with Gasteiger partial charge in [-0.1, -0.05) is 13.8 Å². The Balaban J connectivity index is 2.03. The van der Waals surface area contributed by atoms with Gasteiger partial charge in [0, 0.05) is 19.1 Å². The lowest BCUT2D eigenvalue weighted by molar-refractivity contribution is 0.0551. The maximum Gasteiger partial charge on any atom is 0.0118 e. The average molecular weight is 153 g/mol. The molecule has 0 aromatic heterocycles. The fraction of sp³-hybridized carbons (Fsp3) is 1.00. The Morgan fingerprint density at radius 1 is 1.27 bits per heavy atom. The molecule has 0 N–H and O–H groups in total. The molecule has 0 spiro atoms. The first kappa shape index (κ1) is 7.60. The molecule has 0 radical (unpaired) electrons. The van der Waals surface area contributed by atoms with Crippen LogP contribution in [0.25, 0.3) is 0 Å². The van der Waals surface area contributed by atoms with Crippen molar-refractivity contribution in [1.82, 2.24) is 4.90 Å². The summed E-state index contributed by atoms with van der Waals surface area (Å²) in [5, 5.41) is 0. The highest BCUT2D eigenvalue weighted by Crippen LogP contribution is 2.34. The van der Waals surface area contributed by atoms with Crippen LogP contribution >= 0.6 is 0 Å². The van der Waals surface area contributed by atoms with Gasteiger partial charge in [0.1, 0.15) is 0 Å². The molecule has 3 aliphatic heterocycles. The van der Waals surface area contributed by atoms with E-state index >= 15 is 0 Å². The smallest absolute Gasteiger partial charge is 0.0118 e. The Kier molecular flexibility index (Phi) is 1.92. The molecule has 0 aromatic carbocycles. The molecule has 2 unspecified atom stereocenters. The Bertz CT molecular complexity index is 136. The summed E-state index contributed by atoms with van der Waals surface area (Å²) in [6.45, 7) is 7.57. The molecule has 0 amide bonds. The quantitative estimate of drug-likeness (QED) is 0.558. The lowest BCUT2D eigenvalue weighted by Gasteiger charge is -2.42. The molecule has 0 saturated carbocycles. The van der Waals surface area contributed by atoms with E-state index < -0.39 is 0 Å². The lowest BCUT2D eigenvalue weighted by Crippen LogP contribution is -2.51. The van der Waals surface area contributed by atoms with Crippen LogP contribution in [-0.2, 0) is 0 Å². The van der Waals surface area contributed by atoms with Crippen LogP contribution in [0.15, 0.2) is 0 Å². The summed E-state index contributed by atoms with van der Waals surface area (Å²) in [4.78, 5) is 2.68. The van der Waals surface area contributed by atoms with Gasteiger partial charge in [-0.2, -0.15) is 0 Å². The minimum absolute atomic E-state index is 0.911. The maximum absolute atomic E-state index is 2.68. The van der Waals surface area contributed by atoms with Crippen molar-refractivity contribution in [2.24, 2.45) is 11.8 Å². The molecule has 2 bridgehead atoms. The number of rotatable bonds is 1. The van der Waals surface area contributed by atoms with Crippen molar-refractivity contribution in [2.45, 2.75) is 39.2 Å². The van der Waals surface area contributed by atoms with Crippen LogP contribution in [0.3, 0.4) is 0 Å². The Hall–Kier alpha value is -0.0400. The zero-order chi connectivity index (χ0) is 7.84. The van der Waals surface area contributed by atoms with Gasteiger partial charge in [0.25, 0.3) is 0 Å². The first-order chi connectivity index (χ1) is 5.31. The number of hydrogen-bond acceptors (Lipinski definition) is 1. The van der Waals surface area contributed by atoms with Crippen LogP contribution in [0.4, 0.5) is 0 Å². The molecule has 0 aliphatic carbocycles. The Labute approximate surface area is 69.8 Å². The van der Waals surface area contributed by atoms with Crippen molar-refractivity contribution in [3.8, 4) is 0 Å². The predicted octanol–water partition coefficient (Wildman–Crippen LogP) is 2.13. The molecular weight excluding hydrogens is 134 g/mol. The van der Waals surface area contributed by atoms with Crippen molar-refractivity contribution in [3.63, 3.8) is 0 Å². The number of nitrogens with zero attached hydrogens (tertiary/aromatic N) is 1. The maximum atomic E-state index is 2.68. The fourth-order valence-corrected chi connectivity index (χ4v) is 2.77. The molecular formula is C10H19N. The Morgan fingerprint density at radius 2 is 2.00 bits per heavy atom. The molecule has 11 heavy (non-hydrogen) atoms. The van der Waals surface area contributed by atoms with Gasteiger partial charge in [-0.05, 0) is 31.1 Å². The van der Waals surface area contributed by atoms with E-state index in [1.807, 2.05) is 0 Å². The highest BCUT2D eigenvalue weighted by atomic mass is 15.2. The van der Waals surface area contributed by atoms with E-state index in [2.05, 4.69) is 18.7 Å². The Morgan fingerprint density at radius 3 is 2.64 bits per heavy atom. The fourth-order valence-electron chi connectivity index (χ4n) is 2.77. The third kappa shape index (κ3) is 1.20. The third-order valence-electron chi connectivity index (χ3n) is 3.56. The first-order valence-corrected chi connectivity index (χ1v) is 5.05. The average Bonchev–Trinajstić information content (AvgIpc) is 2.14. The van der Waals surface area contributed by atoms with E-state index in [-0.39, 0.29) is 0 Å². The zero-order valence-corrected chi connectivity index (χ0v) is 7.71. The summed E-state index contributed by atoms with van der Waals surface area (Å²) >= 11 is 0. The van der Waals surface area contributed by atoms with E-state index in [1.54, 1.807) is 0 Å². The zero-order valence-electron chi connectivity index (χ0n) is 7.71. The van der Waals surface area contributed by atoms with Crippen molar-refractivity contribution in [3.05, 3.63) is 0 Å². The monoisotopic (exact) mass is 153 g/mol. The highest BCUT2D eigenvalue weighted by molar-refractivity contribution is 4.91. The summed E-state index contributed by atoms with van der Waals surface area (Å²) in [5.74, 6) is 2.02. The molecule has 3 aliphatic rings. The summed E-state index contributed by atoms with van der Waals surface area (Å²) in [6, 6.07) is 0.911. The van der Waals surface area contributed by atoms with Gasteiger partial charge in [0.15, 0.2) is 0 Å². The molecule has 0 aromatic rings. The van der Waals surface area contributed by atoms with Gasteiger partial charge in [0.05, 0.1) is 0 Å². The molecule has 3 fully saturated rings. The third-order valence-corrected chi connectivity index (χ3v) is 3.56. The molecule has 3 heterocycles. The summed E-state index contributed by atoms with van der Waals surface area (Å²) in [5.41, 5.74) is 0. The second kappa shape index (κ2) is 2.78. The van der Waals surface area contributed by atoms with Crippen molar-refractivity contribution in [1.29, 1.82) is 0 Å². The highest BCUT2D eigenvalue weighted by Gasteiger charge is 2.37. The summed E-state index contributed by atoms with van der Waals surface area (Å²) in [7, 11) is 0. The van der Waals surface area contributed by atoms with Crippen LogP contribution in [0.5, 0.6) is 0 Å². The number of hydrogen-bond donors (Lipinski definition) is 0. The van der Waals surface area contributed by atoms with E-state index in [9.17, 15) is 0 Å². The molecule has 64 valence electrons. The van der Waals surface area contributed by atoms with Gasteiger partial charge in [0.2, 0.25) is 0 Å². The van der Waals surface area contributed by atoms with E-state index in [0.717, 1.165) is 17.9 Å². The molecule has 2 atom stereocenters. The van der Waals surface area contributed by atoms with E-state index in [1.165, 1.54) is 32.4 Å².